The highest BCUT2D eigenvalue weighted by Gasteiger charge is 2.32. The standard InChI is InChI=1S/C21H23F3N4O2/c22-21(23,24)15-5-3-4-13(10-15)14-7-8-18-26-17(12-28(18)11-14)20(30)27-16-6-1-2-9-25-19(16)29/h3-5,10,12,14,16H,1-2,6-9,11H2,(H,25,29)(H,27,30). The van der Waals surface area contributed by atoms with E-state index >= 15 is 0 Å². The van der Waals surface area contributed by atoms with E-state index < -0.39 is 23.7 Å². The molecule has 1 aromatic carbocycles. The van der Waals surface area contributed by atoms with Crippen molar-refractivity contribution in [1.82, 2.24) is 20.2 Å². The molecule has 0 aliphatic carbocycles. The maximum absolute atomic E-state index is 13.0. The van der Waals surface area contributed by atoms with Gasteiger partial charge in [0.25, 0.3) is 5.91 Å². The molecule has 2 aliphatic rings. The van der Waals surface area contributed by atoms with Crippen molar-refractivity contribution in [3.8, 4) is 0 Å². The highest BCUT2D eigenvalue weighted by molar-refractivity contribution is 5.96. The Morgan fingerprint density at radius 2 is 2.07 bits per heavy atom. The first-order valence-electron chi connectivity index (χ1n) is 10.1. The maximum atomic E-state index is 13.0. The van der Waals surface area contributed by atoms with Gasteiger partial charge in [-0.2, -0.15) is 13.2 Å². The molecule has 6 nitrogen and oxygen atoms in total. The second-order valence-corrected chi connectivity index (χ2v) is 7.87. The van der Waals surface area contributed by atoms with Gasteiger partial charge in [0, 0.05) is 31.6 Å². The van der Waals surface area contributed by atoms with Crippen LogP contribution in [-0.2, 0) is 23.9 Å². The molecule has 1 saturated heterocycles. The van der Waals surface area contributed by atoms with Crippen LogP contribution in [0.1, 0.15) is 59.0 Å². The molecule has 1 fully saturated rings. The molecule has 9 heteroatoms. The van der Waals surface area contributed by atoms with Crippen molar-refractivity contribution in [2.45, 2.75) is 56.8 Å². The van der Waals surface area contributed by atoms with Gasteiger partial charge < -0.3 is 15.2 Å². The van der Waals surface area contributed by atoms with Crippen LogP contribution in [0.5, 0.6) is 0 Å². The first-order valence-corrected chi connectivity index (χ1v) is 10.1. The Kier molecular flexibility index (Phi) is 5.53. The summed E-state index contributed by atoms with van der Waals surface area (Å²) < 4.78 is 40.9. The van der Waals surface area contributed by atoms with Gasteiger partial charge in [0.1, 0.15) is 17.6 Å². The zero-order chi connectivity index (χ0) is 21.3. The third-order valence-corrected chi connectivity index (χ3v) is 5.75. The number of hydrogen-bond acceptors (Lipinski definition) is 3. The molecule has 2 amide bonds. The quantitative estimate of drug-likeness (QED) is 0.802. The monoisotopic (exact) mass is 420 g/mol. The third kappa shape index (κ3) is 4.34. The summed E-state index contributed by atoms with van der Waals surface area (Å²) in [6, 6.07) is 4.83. The van der Waals surface area contributed by atoms with E-state index in [1.165, 1.54) is 12.1 Å². The summed E-state index contributed by atoms with van der Waals surface area (Å²) in [6.07, 6.45) is 0.792. The van der Waals surface area contributed by atoms with Crippen molar-refractivity contribution in [2.75, 3.05) is 6.54 Å². The van der Waals surface area contributed by atoms with Crippen LogP contribution in [0.25, 0.3) is 0 Å². The normalized spacial score (nSPS) is 22.0. The molecule has 160 valence electrons. The molecule has 2 aliphatic heterocycles. The Morgan fingerprint density at radius 1 is 1.23 bits per heavy atom. The Morgan fingerprint density at radius 3 is 2.87 bits per heavy atom. The van der Waals surface area contributed by atoms with Gasteiger partial charge in [-0.3, -0.25) is 9.59 Å². The van der Waals surface area contributed by atoms with Crippen LogP contribution in [0, 0.1) is 0 Å². The Labute approximate surface area is 171 Å². The van der Waals surface area contributed by atoms with Crippen molar-refractivity contribution in [3.05, 3.63) is 53.1 Å². The molecule has 2 N–H and O–H groups in total. The van der Waals surface area contributed by atoms with Crippen LogP contribution in [0.2, 0.25) is 0 Å². The van der Waals surface area contributed by atoms with Crippen molar-refractivity contribution < 1.29 is 22.8 Å². The second kappa shape index (κ2) is 8.12. The number of hydrogen-bond donors (Lipinski definition) is 2. The molecule has 0 bridgehead atoms. The number of aryl methyl sites for hydroxylation is 1. The van der Waals surface area contributed by atoms with Crippen LogP contribution in [0.4, 0.5) is 13.2 Å². The van der Waals surface area contributed by atoms with Gasteiger partial charge in [0.2, 0.25) is 5.91 Å². The van der Waals surface area contributed by atoms with Gasteiger partial charge >= 0.3 is 6.18 Å². The summed E-state index contributed by atoms with van der Waals surface area (Å²) in [4.78, 5) is 29.0. The highest BCUT2D eigenvalue weighted by atomic mass is 19.4. The molecule has 30 heavy (non-hydrogen) atoms. The highest BCUT2D eigenvalue weighted by Crippen LogP contribution is 2.34. The molecule has 0 saturated carbocycles. The van der Waals surface area contributed by atoms with Crippen LogP contribution >= 0.6 is 0 Å². The third-order valence-electron chi connectivity index (χ3n) is 5.75. The average molecular weight is 420 g/mol. The summed E-state index contributed by atoms with van der Waals surface area (Å²) in [7, 11) is 0. The summed E-state index contributed by atoms with van der Waals surface area (Å²) in [5, 5.41) is 5.53. The van der Waals surface area contributed by atoms with E-state index in [0.29, 0.717) is 37.9 Å². The zero-order valence-electron chi connectivity index (χ0n) is 16.3. The summed E-state index contributed by atoms with van der Waals surface area (Å²) in [6.45, 7) is 1.07. The number of imidazole rings is 1. The summed E-state index contributed by atoms with van der Waals surface area (Å²) in [5.74, 6) is 0.0511. The van der Waals surface area contributed by atoms with E-state index in [1.54, 1.807) is 12.3 Å². The average Bonchev–Trinajstić information content (AvgIpc) is 3.05. The van der Waals surface area contributed by atoms with Crippen molar-refractivity contribution in [1.29, 1.82) is 0 Å². The number of halogens is 3. The second-order valence-electron chi connectivity index (χ2n) is 7.87. The first-order chi connectivity index (χ1) is 14.3. The number of fused-ring (bicyclic) bond motifs is 1. The number of amides is 2. The minimum absolute atomic E-state index is 0.0856. The molecule has 4 rings (SSSR count). The van der Waals surface area contributed by atoms with Gasteiger partial charge in [-0.05, 0) is 37.3 Å². The molecule has 2 aromatic rings. The SMILES string of the molecule is O=C(NC1CCCCNC1=O)c1cn2c(n1)CCC(c1cccc(C(F)(F)F)c1)C2. The topological polar surface area (TPSA) is 76.0 Å². The minimum Gasteiger partial charge on any atom is -0.354 e. The molecule has 3 heterocycles. The van der Waals surface area contributed by atoms with Gasteiger partial charge in [0.05, 0.1) is 5.56 Å². The van der Waals surface area contributed by atoms with Gasteiger partial charge in [-0.25, -0.2) is 4.98 Å². The summed E-state index contributed by atoms with van der Waals surface area (Å²) >= 11 is 0. The van der Waals surface area contributed by atoms with E-state index in [0.717, 1.165) is 24.7 Å². The fourth-order valence-electron chi connectivity index (χ4n) is 4.10. The molecule has 1 aromatic heterocycles. The lowest BCUT2D eigenvalue weighted by atomic mass is 9.90. The lowest BCUT2D eigenvalue weighted by molar-refractivity contribution is -0.137. The Hall–Kier alpha value is -2.84. The molecular weight excluding hydrogens is 397 g/mol. The van der Waals surface area contributed by atoms with Crippen LogP contribution in [-0.4, -0.2) is 34.0 Å². The van der Waals surface area contributed by atoms with Crippen LogP contribution in [0.15, 0.2) is 30.5 Å². The lowest BCUT2D eigenvalue weighted by Gasteiger charge is -2.24. The lowest BCUT2D eigenvalue weighted by Crippen LogP contribution is -2.45. The largest absolute Gasteiger partial charge is 0.416 e. The number of benzene rings is 1. The molecule has 0 spiro atoms. The van der Waals surface area contributed by atoms with Crippen LogP contribution < -0.4 is 10.6 Å². The molecular formula is C21H23F3N4O2. The number of rotatable bonds is 3. The van der Waals surface area contributed by atoms with E-state index in [1.807, 2.05) is 4.57 Å². The van der Waals surface area contributed by atoms with Crippen molar-refractivity contribution >= 4 is 11.8 Å². The number of carbonyl (C=O) groups excluding carboxylic acids is 2. The predicted molar refractivity (Wildman–Crippen MR) is 103 cm³/mol. The van der Waals surface area contributed by atoms with Crippen molar-refractivity contribution in [2.24, 2.45) is 0 Å². The number of aromatic nitrogens is 2. The number of alkyl halides is 3. The maximum Gasteiger partial charge on any atom is 0.416 e. The number of nitrogens with zero attached hydrogens (tertiary/aromatic N) is 2. The van der Waals surface area contributed by atoms with Gasteiger partial charge in [0.15, 0.2) is 0 Å². The van der Waals surface area contributed by atoms with E-state index in [2.05, 4.69) is 15.6 Å². The van der Waals surface area contributed by atoms with E-state index in [4.69, 9.17) is 0 Å². The number of carbonyl (C=O) groups is 2. The fraction of sp³-hybridized carbons (Fsp3) is 0.476. The fourth-order valence-corrected chi connectivity index (χ4v) is 4.10. The van der Waals surface area contributed by atoms with E-state index in [9.17, 15) is 22.8 Å². The van der Waals surface area contributed by atoms with E-state index in [-0.39, 0.29) is 17.5 Å². The zero-order valence-corrected chi connectivity index (χ0v) is 16.3. The van der Waals surface area contributed by atoms with Crippen LogP contribution in [0.3, 0.4) is 0 Å². The Bertz CT molecular complexity index is 954. The smallest absolute Gasteiger partial charge is 0.354 e. The minimum atomic E-state index is -4.37. The first kappa shape index (κ1) is 20.4. The predicted octanol–water partition coefficient (Wildman–Crippen LogP) is 3.03. The number of nitrogens with one attached hydrogen (secondary N) is 2. The molecule has 0 radical (unpaired) electrons. The molecule has 2 unspecified atom stereocenters. The molecule has 2 atom stereocenters. The van der Waals surface area contributed by atoms with Gasteiger partial charge in [-0.15, -0.1) is 0 Å². The summed E-state index contributed by atoms with van der Waals surface area (Å²) in [5.41, 5.74) is 0.204. The van der Waals surface area contributed by atoms with Gasteiger partial charge in [-0.1, -0.05) is 18.2 Å². The Balaban J connectivity index is 1.47. The van der Waals surface area contributed by atoms with Crippen molar-refractivity contribution in [3.63, 3.8) is 0 Å².